The number of amides is 1. The van der Waals surface area contributed by atoms with E-state index in [-0.39, 0.29) is 18.4 Å². The maximum Gasteiger partial charge on any atom is 0.229 e. The Bertz CT molecular complexity index is 605. The lowest BCUT2D eigenvalue weighted by Gasteiger charge is -2.11. The molecule has 1 atom stereocenters. The predicted octanol–water partition coefficient (Wildman–Crippen LogP) is 2.53. The molecule has 3 rings (SSSR count). The normalized spacial score (nSPS) is 19.4. The number of aliphatic hydroxyl groups is 1. The van der Waals surface area contributed by atoms with E-state index in [9.17, 15) is 4.79 Å². The monoisotopic (exact) mass is 294 g/mol. The number of nitrogens with zero attached hydrogens (tertiary/aromatic N) is 2. The van der Waals surface area contributed by atoms with Crippen LogP contribution in [-0.4, -0.2) is 29.1 Å². The van der Waals surface area contributed by atoms with Gasteiger partial charge in [-0.3, -0.25) is 9.69 Å². The van der Waals surface area contributed by atoms with Crippen molar-refractivity contribution in [3.63, 3.8) is 0 Å². The lowest BCUT2D eigenvalue weighted by molar-refractivity contribution is -0.117. The molecular weight excluding hydrogens is 280 g/mol. The summed E-state index contributed by atoms with van der Waals surface area (Å²) in [5.41, 5.74) is 0.929. The van der Waals surface area contributed by atoms with E-state index in [1.54, 1.807) is 16.2 Å². The zero-order valence-electron chi connectivity index (χ0n) is 10.5. The maximum absolute atomic E-state index is 11.9. The van der Waals surface area contributed by atoms with Gasteiger partial charge >= 0.3 is 0 Å². The van der Waals surface area contributed by atoms with E-state index in [0.29, 0.717) is 13.0 Å². The van der Waals surface area contributed by atoms with E-state index in [4.69, 9.17) is 5.11 Å². The first-order valence-corrected chi connectivity index (χ1v) is 7.80. The molecule has 1 unspecified atom stereocenters. The third-order valence-electron chi connectivity index (χ3n) is 3.18. The number of hydrogen-bond acceptors (Lipinski definition) is 5. The molecule has 4 nitrogen and oxygen atoms in total. The number of thiazole rings is 1. The Balaban J connectivity index is 1.84. The second-order valence-corrected chi connectivity index (χ2v) is 6.81. The lowest BCUT2D eigenvalue weighted by Crippen LogP contribution is -2.24. The van der Waals surface area contributed by atoms with Crippen molar-refractivity contribution in [1.82, 2.24) is 4.98 Å². The fraction of sp³-hybridized carbons (Fsp3) is 0.385. The molecule has 1 amide bonds. The zero-order valence-corrected chi connectivity index (χ0v) is 12.1. The lowest BCUT2D eigenvalue weighted by atomic mass is 10.1. The van der Waals surface area contributed by atoms with Crippen LogP contribution in [0, 0.1) is 12.8 Å². The van der Waals surface area contributed by atoms with E-state index < -0.39 is 0 Å². The number of hydrogen-bond donors (Lipinski definition) is 1. The zero-order chi connectivity index (χ0) is 13.4. The second-order valence-electron chi connectivity index (χ2n) is 4.68. The molecule has 1 saturated heterocycles. The van der Waals surface area contributed by atoms with Crippen LogP contribution in [0.5, 0.6) is 0 Å². The highest BCUT2D eigenvalue weighted by Crippen LogP contribution is 2.34. The molecule has 2 aromatic heterocycles. The molecule has 0 aromatic carbocycles. The SMILES string of the molecule is Cc1ccc(-c2csc(N3CC(CO)CC3=O)n2)s1. The minimum Gasteiger partial charge on any atom is -0.396 e. The molecule has 1 aliphatic rings. The van der Waals surface area contributed by atoms with Crippen molar-refractivity contribution in [2.24, 2.45) is 5.92 Å². The molecule has 1 fully saturated rings. The van der Waals surface area contributed by atoms with Crippen molar-refractivity contribution in [3.8, 4) is 10.6 Å². The fourth-order valence-corrected chi connectivity index (χ4v) is 3.92. The van der Waals surface area contributed by atoms with Crippen LogP contribution in [0.3, 0.4) is 0 Å². The standard InChI is InChI=1S/C13H14N2O2S2/c1-8-2-3-11(19-8)10-7-18-13(14-10)15-5-9(6-16)4-12(15)17/h2-3,7,9,16H,4-6H2,1H3. The fourth-order valence-electron chi connectivity index (χ4n) is 2.16. The Morgan fingerprint density at radius 3 is 3.00 bits per heavy atom. The minimum atomic E-state index is 0.0452. The van der Waals surface area contributed by atoms with Crippen molar-refractivity contribution in [2.75, 3.05) is 18.1 Å². The Kier molecular flexibility index (Phi) is 3.38. The van der Waals surface area contributed by atoms with E-state index >= 15 is 0 Å². The third-order valence-corrected chi connectivity index (χ3v) is 5.07. The van der Waals surface area contributed by atoms with Gasteiger partial charge in [-0.05, 0) is 19.1 Å². The molecular formula is C13H14N2O2S2. The molecule has 19 heavy (non-hydrogen) atoms. The molecule has 2 aromatic rings. The molecule has 0 bridgehead atoms. The summed E-state index contributed by atoms with van der Waals surface area (Å²) in [6.07, 6.45) is 0.420. The van der Waals surface area contributed by atoms with Crippen LogP contribution in [0.25, 0.3) is 10.6 Å². The highest BCUT2D eigenvalue weighted by molar-refractivity contribution is 7.17. The predicted molar refractivity (Wildman–Crippen MR) is 77.7 cm³/mol. The quantitative estimate of drug-likeness (QED) is 0.946. The van der Waals surface area contributed by atoms with Gasteiger partial charge in [0.15, 0.2) is 5.13 Å². The van der Waals surface area contributed by atoms with Crippen molar-refractivity contribution >= 4 is 33.7 Å². The molecule has 1 aliphatic heterocycles. The molecule has 0 radical (unpaired) electrons. The summed E-state index contributed by atoms with van der Waals surface area (Å²) in [6.45, 7) is 2.70. The first kappa shape index (κ1) is 12.8. The van der Waals surface area contributed by atoms with Crippen molar-refractivity contribution in [1.29, 1.82) is 0 Å². The van der Waals surface area contributed by atoms with Crippen LogP contribution >= 0.6 is 22.7 Å². The molecule has 1 N–H and O–H groups in total. The van der Waals surface area contributed by atoms with E-state index in [2.05, 4.69) is 24.0 Å². The van der Waals surface area contributed by atoms with E-state index in [1.807, 2.05) is 5.38 Å². The maximum atomic E-state index is 11.9. The Labute approximate surface area is 119 Å². The Morgan fingerprint density at radius 1 is 1.53 bits per heavy atom. The highest BCUT2D eigenvalue weighted by Gasteiger charge is 2.31. The van der Waals surface area contributed by atoms with Gasteiger partial charge in [-0.2, -0.15) is 0 Å². The number of thiophene rings is 1. The first-order valence-electron chi connectivity index (χ1n) is 6.11. The van der Waals surface area contributed by atoms with Crippen LogP contribution in [0.15, 0.2) is 17.5 Å². The summed E-state index contributed by atoms with van der Waals surface area (Å²) < 4.78 is 0. The molecule has 3 heterocycles. The third kappa shape index (κ3) is 2.43. The number of anilines is 1. The smallest absolute Gasteiger partial charge is 0.229 e. The van der Waals surface area contributed by atoms with Gasteiger partial charge < -0.3 is 5.11 Å². The van der Waals surface area contributed by atoms with Gasteiger partial charge in [-0.1, -0.05) is 0 Å². The number of aromatic nitrogens is 1. The number of carbonyl (C=O) groups excluding carboxylic acids is 1. The number of rotatable bonds is 3. The van der Waals surface area contributed by atoms with Crippen molar-refractivity contribution in [2.45, 2.75) is 13.3 Å². The summed E-state index contributed by atoms with van der Waals surface area (Å²) >= 11 is 3.19. The molecule has 6 heteroatoms. The van der Waals surface area contributed by atoms with E-state index in [1.165, 1.54) is 16.2 Å². The van der Waals surface area contributed by atoms with Gasteiger partial charge in [-0.15, -0.1) is 22.7 Å². The van der Waals surface area contributed by atoms with Gasteiger partial charge in [0.2, 0.25) is 5.91 Å². The molecule has 100 valence electrons. The van der Waals surface area contributed by atoms with E-state index in [0.717, 1.165) is 15.7 Å². The Morgan fingerprint density at radius 2 is 2.37 bits per heavy atom. The average molecular weight is 294 g/mol. The van der Waals surface area contributed by atoms with Gasteiger partial charge in [0.1, 0.15) is 0 Å². The van der Waals surface area contributed by atoms with Crippen LogP contribution in [-0.2, 0) is 4.79 Å². The molecule has 0 spiro atoms. The average Bonchev–Trinajstić information content (AvgIpc) is 3.07. The largest absolute Gasteiger partial charge is 0.396 e. The second kappa shape index (κ2) is 5.03. The number of carbonyl (C=O) groups is 1. The first-order chi connectivity index (χ1) is 9.17. The van der Waals surface area contributed by atoms with Crippen molar-refractivity contribution < 1.29 is 9.90 Å². The van der Waals surface area contributed by atoms with Gasteiger partial charge in [0, 0.05) is 35.7 Å². The van der Waals surface area contributed by atoms with Crippen LogP contribution < -0.4 is 4.90 Å². The summed E-state index contributed by atoms with van der Waals surface area (Å²) in [7, 11) is 0. The topological polar surface area (TPSA) is 53.4 Å². The molecule has 0 aliphatic carbocycles. The van der Waals surface area contributed by atoms with Crippen LogP contribution in [0.4, 0.5) is 5.13 Å². The van der Waals surface area contributed by atoms with Gasteiger partial charge in [0.25, 0.3) is 0 Å². The summed E-state index contributed by atoms with van der Waals surface area (Å²) in [5, 5.41) is 11.9. The summed E-state index contributed by atoms with van der Waals surface area (Å²) in [6, 6.07) is 4.13. The minimum absolute atomic E-state index is 0.0452. The summed E-state index contributed by atoms with van der Waals surface area (Å²) in [4.78, 5) is 20.5. The number of aryl methyl sites for hydroxylation is 1. The van der Waals surface area contributed by atoms with Gasteiger partial charge in [-0.25, -0.2) is 4.98 Å². The summed E-state index contributed by atoms with van der Waals surface area (Å²) in [5.74, 6) is 0.103. The number of aliphatic hydroxyl groups excluding tert-OH is 1. The highest BCUT2D eigenvalue weighted by atomic mass is 32.1. The van der Waals surface area contributed by atoms with Crippen LogP contribution in [0.2, 0.25) is 0 Å². The Hall–Kier alpha value is -1.24. The van der Waals surface area contributed by atoms with Crippen LogP contribution in [0.1, 0.15) is 11.3 Å². The van der Waals surface area contributed by atoms with Gasteiger partial charge in [0.05, 0.1) is 10.6 Å². The van der Waals surface area contributed by atoms with Crippen molar-refractivity contribution in [3.05, 3.63) is 22.4 Å². The molecule has 0 saturated carbocycles.